The summed E-state index contributed by atoms with van der Waals surface area (Å²) in [5, 5.41) is 11.4. The molecule has 1 atom stereocenters. The summed E-state index contributed by atoms with van der Waals surface area (Å²) in [5.74, 6) is 0.266. The number of aliphatic hydroxyl groups is 1. The smallest absolute Gasteiger partial charge is 0.223 e. The average molecular weight is 271 g/mol. The number of benzene rings is 1. The Morgan fingerprint density at radius 1 is 1.44 bits per heavy atom. The molecule has 1 amide bonds. The Morgan fingerprint density at radius 2 is 2.11 bits per heavy atom. The Kier molecular flexibility index (Phi) is 6.75. The molecule has 0 saturated heterocycles. The van der Waals surface area contributed by atoms with Crippen molar-refractivity contribution < 1.29 is 14.3 Å². The average Bonchev–Trinajstić information content (AvgIpc) is 2.38. The molecule has 1 aromatic rings. The van der Waals surface area contributed by atoms with Gasteiger partial charge >= 0.3 is 0 Å². The van der Waals surface area contributed by atoms with Crippen LogP contribution >= 0.6 is 11.8 Å². The predicted molar refractivity (Wildman–Crippen MR) is 71.0 cm³/mol. The van der Waals surface area contributed by atoms with Crippen LogP contribution in [0.25, 0.3) is 0 Å². The van der Waals surface area contributed by atoms with Crippen LogP contribution in [-0.2, 0) is 4.79 Å². The van der Waals surface area contributed by atoms with Crippen LogP contribution in [0.2, 0.25) is 0 Å². The predicted octanol–water partition coefficient (Wildman–Crippen LogP) is 2.05. The normalized spacial score (nSPS) is 12.2. The summed E-state index contributed by atoms with van der Waals surface area (Å²) in [4.78, 5) is 12.6. The number of halogens is 1. The van der Waals surface area contributed by atoms with Crippen LogP contribution in [0.1, 0.15) is 13.3 Å². The molecule has 1 aromatic carbocycles. The van der Waals surface area contributed by atoms with Gasteiger partial charge in [-0.3, -0.25) is 4.79 Å². The van der Waals surface area contributed by atoms with Gasteiger partial charge in [-0.2, -0.15) is 0 Å². The lowest BCUT2D eigenvalue weighted by atomic mass is 10.2. The van der Waals surface area contributed by atoms with Crippen molar-refractivity contribution in [1.82, 2.24) is 5.32 Å². The van der Waals surface area contributed by atoms with E-state index in [-0.39, 0.29) is 24.2 Å². The molecule has 1 rings (SSSR count). The molecule has 3 nitrogen and oxygen atoms in total. The molecule has 0 heterocycles. The van der Waals surface area contributed by atoms with Gasteiger partial charge in [-0.05, 0) is 30.7 Å². The highest BCUT2D eigenvalue weighted by Gasteiger charge is 2.12. The highest BCUT2D eigenvalue weighted by molar-refractivity contribution is 7.99. The van der Waals surface area contributed by atoms with Crippen molar-refractivity contribution in [3.05, 3.63) is 30.1 Å². The minimum atomic E-state index is -0.255. The van der Waals surface area contributed by atoms with Crippen molar-refractivity contribution >= 4 is 17.7 Å². The third kappa shape index (κ3) is 5.51. The molecule has 0 radical (unpaired) electrons. The standard InChI is InChI=1S/C13H18FNO2S/c1-10(13(17)15-7-2-8-16)9-18-12-5-3-11(14)4-6-12/h3-6,10,16H,2,7-9H2,1H3,(H,15,17). The number of carbonyl (C=O) groups excluding carboxylic acids is 1. The maximum absolute atomic E-state index is 12.7. The molecule has 0 spiro atoms. The number of hydrogen-bond acceptors (Lipinski definition) is 3. The van der Waals surface area contributed by atoms with Crippen LogP contribution in [-0.4, -0.2) is 29.9 Å². The molecule has 2 N–H and O–H groups in total. The SMILES string of the molecule is CC(CSc1ccc(F)cc1)C(=O)NCCCO. The topological polar surface area (TPSA) is 49.3 Å². The van der Waals surface area contributed by atoms with Crippen LogP contribution < -0.4 is 5.32 Å². The number of aliphatic hydroxyl groups excluding tert-OH is 1. The lowest BCUT2D eigenvalue weighted by Crippen LogP contribution is -2.31. The second-order valence-corrected chi connectivity index (χ2v) is 5.13. The zero-order valence-electron chi connectivity index (χ0n) is 10.4. The van der Waals surface area contributed by atoms with Crippen LogP contribution in [0.5, 0.6) is 0 Å². The zero-order chi connectivity index (χ0) is 13.4. The van der Waals surface area contributed by atoms with Gasteiger partial charge in [0.15, 0.2) is 0 Å². The molecule has 0 aliphatic carbocycles. The van der Waals surface area contributed by atoms with E-state index in [4.69, 9.17) is 5.11 Å². The van der Waals surface area contributed by atoms with Crippen LogP contribution in [0, 0.1) is 11.7 Å². The first-order valence-corrected chi connectivity index (χ1v) is 6.89. The van der Waals surface area contributed by atoms with Crippen molar-refractivity contribution in [2.75, 3.05) is 18.9 Å². The number of nitrogens with one attached hydrogen (secondary N) is 1. The third-order valence-corrected chi connectivity index (χ3v) is 3.67. The Morgan fingerprint density at radius 3 is 2.72 bits per heavy atom. The second-order valence-electron chi connectivity index (χ2n) is 4.03. The minimum absolute atomic E-state index is 0.0157. The van der Waals surface area contributed by atoms with Crippen molar-refractivity contribution in [3.63, 3.8) is 0 Å². The van der Waals surface area contributed by atoms with Crippen LogP contribution in [0.3, 0.4) is 0 Å². The van der Waals surface area contributed by atoms with E-state index in [1.807, 2.05) is 6.92 Å². The molecule has 0 aliphatic heterocycles. The first kappa shape index (κ1) is 15.0. The quantitative estimate of drug-likeness (QED) is 0.589. The Balaban J connectivity index is 2.29. The van der Waals surface area contributed by atoms with Gasteiger partial charge in [0.25, 0.3) is 0 Å². The summed E-state index contributed by atoms with van der Waals surface area (Å²) in [6, 6.07) is 6.23. The summed E-state index contributed by atoms with van der Waals surface area (Å²) in [5.41, 5.74) is 0. The van der Waals surface area contributed by atoms with E-state index in [9.17, 15) is 9.18 Å². The van der Waals surface area contributed by atoms with Gasteiger partial charge in [0, 0.05) is 29.7 Å². The first-order chi connectivity index (χ1) is 8.63. The van der Waals surface area contributed by atoms with Gasteiger partial charge in [0.2, 0.25) is 5.91 Å². The third-order valence-electron chi connectivity index (χ3n) is 2.40. The van der Waals surface area contributed by atoms with Crippen LogP contribution in [0.15, 0.2) is 29.2 Å². The molecule has 18 heavy (non-hydrogen) atoms. The molecule has 0 bridgehead atoms. The van der Waals surface area contributed by atoms with E-state index in [1.54, 1.807) is 12.1 Å². The number of carbonyl (C=O) groups is 1. The van der Waals surface area contributed by atoms with Gasteiger partial charge in [-0.1, -0.05) is 6.92 Å². The molecule has 5 heteroatoms. The van der Waals surface area contributed by atoms with Crippen molar-refractivity contribution in [3.8, 4) is 0 Å². The van der Waals surface area contributed by atoms with Gasteiger partial charge in [0.05, 0.1) is 0 Å². The highest BCUT2D eigenvalue weighted by atomic mass is 32.2. The molecule has 0 saturated carbocycles. The number of thioether (sulfide) groups is 1. The van der Waals surface area contributed by atoms with Gasteiger partial charge in [0.1, 0.15) is 5.82 Å². The lowest BCUT2D eigenvalue weighted by molar-refractivity contribution is -0.123. The van der Waals surface area contributed by atoms with Gasteiger partial charge < -0.3 is 10.4 Å². The second kappa shape index (κ2) is 8.11. The first-order valence-electron chi connectivity index (χ1n) is 5.90. The van der Waals surface area contributed by atoms with Crippen molar-refractivity contribution in [2.24, 2.45) is 5.92 Å². The van der Waals surface area contributed by atoms with E-state index >= 15 is 0 Å². The molecule has 0 fully saturated rings. The molecule has 0 aliphatic rings. The summed E-state index contributed by atoms with van der Waals surface area (Å²) in [6.45, 7) is 2.44. The maximum atomic E-state index is 12.7. The van der Waals surface area contributed by atoms with Crippen molar-refractivity contribution in [2.45, 2.75) is 18.2 Å². The Hall–Kier alpha value is -1.07. The fourth-order valence-corrected chi connectivity index (χ4v) is 2.21. The summed E-state index contributed by atoms with van der Waals surface area (Å²) in [6.07, 6.45) is 0.573. The largest absolute Gasteiger partial charge is 0.396 e. The zero-order valence-corrected chi connectivity index (χ0v) is 11.2. The molecular formula is C13H18FNO2S. The number of amides is 1. The Labute approximate surface area is 111 Å². The number of hydrogen-bond donors (Lipinski definition) is 2. The van der Waals surface area contributed by atoms with E-state index < -0.39 is 0 Å². The molecule has 100 valence electrons. The molecule has 0 aromatic heterocycles. The van der Waals surface area contributed by atoms with Gasteiger partial charge in [-0.25, -0.2) is 4.39 Å². The summed E-state index contributed by atoms with van der Waals surface area (Å²) in [7, 11) is 0. The van der Waals surface area contributed by atoms with E-state index in [1.165, 1.54) is 23.9 Å². The summed E-state index contributed by atoms with van der Waals surface area (Å²) < 4.78 is 12.7. The molecular weight excluding hydrogens is 253 g/mol. The fraction of sp³-hybridized carbons (Fsp3) is 0.462. The summed E-state index contributed by atoms with van der Waals surface area (Å²) >= 11 is 1.53. The Bertz CT molecular complexity index is 370. The highest BCUT2D eigenvalue weighted by Crippen LogP contribution is 2.20. The van der Waals surface area contributed by atoms with E-state index in [0.29, 0.717) is 18.7 Å². The van der Waals surface area contributed by atoms with E-state index in [0.717, 1.165) is 4.90 Å². The monoisotopic (exact) mass is 271 g/mol. The maximum Gasteiger partial charge on any atom is 0.223 e. The lowest BCUT2D eigenvalue weighted by Gasteiger charge is -2.11. The molecule has 1 unspecified atom stereocenters. The van der Waals surface area contributed by atoms with Crippen molar-refractivity contribution in [1.29, 1.82) is 0 Å². The minimum Gasteiger partial charge on any atom is -0.396 e. The number of rotatable bonds is 7. The fourth-order valence-electron chi connectivity index (χ4n) is 1.29. The van der Waals surface area contributed by atoms with E-state index in [2.05, 4.69) is 5.32 Å². The van der Waals surface area contributed by atoms with Gasteiger partial charge in [-0.15, -0.1) is 11.8 Å². The van der Waals surface area contributed by atoms with Crippen LogP contribution in [0.4, 0.5) is 4.39 Å².